The Balaban J connectivity index is 1.82. The number of nitro groups is 1. The zero-order valence-corrected chi connectivity index (χ0v) is 12.5. The van der Waals surface area contributed by atoms with Gasteiger partial charge in [0.2, 0.25) is 5.82 Å². The Kier molecular flexibility index (Phi) is 3.28. The fourth-order valence-electron chi connectivity index (χ4n) is 2.68. The summed E-state index contributed by atoms with van der Waals surface area (Å²) in [5.74, 6) is 0.736. The first-order chi connectivity index (χ1) is 11.7. The molecule has 0 fully saturated rings. The number of nitrogens with zero attached hydrogens (tertiary/aromatic N) is 3. The summed E-state index contributed by atoms with van der Waals surface area (Å²) in [6.45, 7) is 0. The van der Waals surface area contributed by atoms with Crippen molar-refractivity contribution in [2.75, 3.05) is 5.32 Å². The molecule has 24 heavy (non-hydrogen) atoms. The molecule has 0 bridgehead atoms. The van der Waals surface area contributed by atoms with E-state index < -0.39 is 4.92 Å². The van der Waals surface area contributed by atoms with Crippen LogP contribution >= 0.6 is 0 Å². The van der Waals surface area contributed by atoms with Gasteiger partial charge < -0.3 is 5.32 Å². The number of hydrogen-bond acceptors (Lipinski definition) is 5. The van der Waals surface area contributed by atoms with E-state index in [-0.39, 0.29) is 11.5 Å². The highest BCUT2D eigenvalue weighted by Crippen LogP contribution is 2.39. The number of rotatable bonds is 3. The van der Waals surface area contributed by atoms with Crippen molar-refractivity contribution in [3.05, 3.63) is 76.8 Å². The Morgan fingerprint density at radius 1 is 0.875 bits per heavy atom. The summed E-state index contributed by atoms with van der Waals surface area (Å²) in [7, 11) is 0. The predicted molar refractivity (Wildman–Crippen MR) is 91.7 cm³/mol. The quantitative estimate of drug-likeness (QED) is 0.449. The minimum atomic E-state index is -0.416. The molecule has 4 aliphatic rings. The molecule has 2 aliphatic carbocycles. The van der Waals surface area contributed by atoms with E-state index in [1.807, 2.05) is 42.5 Å². The van der Waals surface area contributed by atoms with Crippen molar-refractivity contribution in [1.29, 1.82) is 0 Å². The van der Waals surface area contributed by atoms with Crippen molar-refractivity contribution >= 4 is 17.3 Å². The molecule has 0 spiro atoms. The van der Waals surface area contributed by atoms with Gasteiger partial charge in [0.1, 0.15) is 5.82 Å². The molecule has 0 saturated carbocycles. The molecule has 116 valence electrons. The Morgan fingerprint density at radius 2 is 1.58 bits per heavy atom. The molecule has 6 heteroatoms. The van der Waals surface area contributed by atoms with Crippen molar-refractivity contribution in [2.24, 2.45) is 0 Å². The molecule has 0 unspecified atom stereocenters. The largest absolute Gasteiger partial charge is 0.321 e. The maximum Gasteiger partial charge on any atom is 0.321 e. The highest BCUT2D eigenvalue weighted by atomic mass is 16.6. The fraction of sp³-hybridized carbons (Fsp3) is 0. The molecule has 2 heterocycles. The molecule has 1 N–H and O–H groups in total. The highest BCUT2D eigenvalue weighted by Gasteiger charge is 2.27. The second-order valence-corrected chi connectivity index (χ2v) is 5.29. The standard InChI is InChI=1S/C18H12N4O2/c23-22(24)17-13-8-4-2-6-10-15(13)20-18(17)21-16-11-12-7-3-1-5-9-14(12)19-16/h1-11H,(H,19,20,21). The summed E-state index contributed by atoms with van der Waals surface area (Å²) < 4.78 is 0. The molecule has 0 aromatic rings. The van der Waals surface area contributed by atoms with Gasteiger partial charge in [-0.15, -0.1) is 0 Å². The average Bonchev–Trinajstić information content (AvgIpc) is 2.89. The normalized spacial score (nSPS) is 10.8. The van der Waals surface area contributed by atoms with Crippen LogP contribution in [-0.4, -0.2) is 14.9 Å². The van der Waals surface area contributed by atoms with Crippen LogP contribution in [-0.2, 0) is 0 Å². The fourth-order valence-corrected chi connectivity index (χ4v) is 2.68. The zero-order chi connectivity index (χ0) is 16.5. The molecular formula is C18H12N4O2. The van der Waals surface area contributed by atoms with Crippen LogP contribution in [0.3, 0.4) is 0 Å². The third-order valence-corrected chi connectivity index (χ3v) is 3.74. The predicted octanol–water partition coefficient (Wildman–Crippen LogP) is 4.34. The van der Waals surface area contributed by atoms with Crippen LogP contribution in [0.4, 0.5) is 17.3 Å². The number of anilines is 2. The zero-order valence-electron chi connectivity index (χ0n) is 12.5. The Hall–Kier alpha value is -3.54. The van der Waals surface area contributed by atoms with Gasteiger partial charge in [0, 0.05) is 5.56 Å². The lowest BCUT2D eigenvalue weighted by Crippen LogP contribution is -1.95. The van der Waals surface area contributed by atoms with Gasteiger partial charge in [0.05, 0.1) is 21.9 Å². The van der Waals surface area contributed by atoms with Gasteiger partial charge in [0.25, 0.3) is 0 Å². The molecule has 4 rings (SSSR count). The van der Waals surface area contributed by atoms with Gasteiger partial charge in [-0.2, -0.15) is 0 Å². The minimum absolute atomic E-state index is 0.0428. The van der Waals surface area contributed by atoms with Gasteiger partial charge in [-0.05, 0) is 24.3 Å². The van der Waals surface area contributed by atoms with Crippen molar-refractivity contribution in [3.8, 4) is 22.5 Å². The van der Waals surface area contributed by atoms with Crippen molar-refractivity contribution < 1.29 is 4.92 Å². The van der Waals surface area contributed by atoms with Crippen LogP contribution in [0.15, 0.2) is 66.7 Å². The highest BCUT2D eigenvalue weighted by molar-refractivity contribution is 5.85. The Morgan fingerprint density at radius 3 is 2.38 bits per heavy atom. The van der Waals surface area contributed by atoms with Crippen molar-refractivity contribution in [2.45, 2.75) is 0 Å². The second-order valence-electron chi connectivity index (χ2n) is 5.29. The van der Waals surface area contributed by atoms with Gasteiger partial charge in [-0.25, -0.2) is 9.97 Å². The van der Waals surface area contributed by atoms with E-state index in [0.717, 1.165) is 11.3 Å². The smallest absolute Gasteiger partial charge is 0.319 e. The van der Waals surface area contributed by atoms with Crippen LogP contribution in [0.2, 0.25) is 0 Å². The van der Waals surface area contributed by atoms with Crippen molar-refractivity contribution in [3.63, 3.8) is 0 Å². The number of nitrogens with one attached hydrogen (secondary N) is 1. The van der Waals surface area contributed by atoms with Gasteiger partial charge in [-0.3, -0.25) is 10.1 Å². The first-order valence-corrected chi connectivity index (χ1v) is 7.38. The van der Waals surface area contributed by atoms with E-state index in [4.69, 9.17) is 0 Å². The number of hydrogen-bond donors (Lipinski definition) is 1. The lowest BCUT2D eigenvalue weighted by molar-refractivity contribution is -0.383. The van der Waals surface area contributed by atoms with E-state index in [2.05, 4.69) is 15.3 Å². The molecule has 0 radical (unpaired) electrons. The summed E-state index contributed by atoms with van der Waals surface area (Å²) in [5, 5.41) is 14.5. The van der Waals surface area contributed by atoms with Crippen LogP contribution in [0.1, 0.15) is 0 Å². The molecular weight excluding hydrogens is 304 g/mol. The van der Waals surface area contributed by atoms with Crippen LogP contribution in [0.25, 0.3) is 22.5 Å². The van der Waals surface area contributed by atoms with E-state index in [0.29, 0.717) is 17.1 Å². The number of aromatic nitrogens is 2. The van der Waals surface area contributed by atoms with Gasteiger partial charge in [0.15, 0.2) is 0 Å². The molecule has 0 saturated heterocycles. The maximum atomic E-state index is 11.5. The van der Waals surface area contributed by atoms with Crippen LogP contribution in [0, 0.1) is 10.1 Å². The summed E-state index contributed by atoms with van der Waals surface area (Å²) in [4.78, 5) is 19.9. The summed E-state index contributed by atoms with van der Waals surface area (Å²) in [5.41, 5.74) is 2.78. The summed E-state index contributed by atoms with van der Waals surface area (Å²) in [6.07, 6.45) is 0. The average molecular weight is 316 g/mol. The molecule has 2 aliphatic heterocycles. The van der Waals surface area contributed by atoms with E-state index >= 15 is 0 Å². The Labute approximate surface area is 137 Å². The van der Waals surface area contributed by atoms with Crippen LogP contribution < -0.4 is 5.32 Å². The van der Waals surface area contributed by atoms with Crippen molar-refractivity contribution in [1.82, 2.24) is 9.97 Å². The third-order valence-electron chi connectivity index (χ3n) is 3.74. The maximum absolute atomic E-state index is 11.5. The van der Waals surface area contributed by atoms with E-state index in [1.165, 1.54) is 0 Å². The number of fused-ring (bicyclic) bond motifs is 2. The van der Waals surface area contributed by atoms with Gasteiger partial charge in [-0.1, -0.05) is 42.5 Å². The lowest BCUT2D eigenvalue weighted by Gasteiger charge is -1.97. The van der Waals surface area contributed by atoms with Gasteiger partial charge >= 0.3 is 5.69 Å². The molecule has 6 nitrogen and oxygen atoms in total. The Bertz CT molecular complexity index is 955. The van der Waals surface area contributed by atoms with E-state index in [9.17, 15) is 10.1 Å². The summed E-state index contributed by atoms with van der Waals surface area (Å²) >= 11 is 0. The monoisotopic (exact) mass is 316 g/mol. The molecule has 0 aromatic carbocycles. The second kappa shape index (κ2) is 5.58. The third kappa shape index (κ3) is 2.40. The van der Waals surface area contributed by atoms with E-state index in [1.54, 1.807) is 24.3 Å². The SMILES string of the molecule is O=[N+]([O-])c1c2cccccc-2nc1Nc1cc2cccccc-2n1. The molecule has 0 amide bonds. The molecule has 0 atom stereocenters. The minimum Gasteiger partial charge on any atom is -0.319 e. The lowest BCUT2D eigenvalue weighted by atomic mass is 10.2. The first-order valence-electron chi connectivity index (χ1n) is 7.38. The van der Waals surface area contributed by atoms with Crippen LogP contribution in [0.5, 0.6) is 0 Å². The topological polar surface area (TPSA) is 81.0 Å². The summed E-state index contributed by atoms with van der Waals surface area (Å²) in [6, 6.07) is 20.2. The molecule has 0 aromatic heterocycles. The first kappa shape index (κ1) is 14.1.